The number of hydrogen-bond donors (Lipinski definition) is 1. The standard InChI is InChI=1S/C11H21NO/c1-8(2)11-5-10(13)7-12(11)6-9-3-4-9/h8-11,13H,3-7H2,1-2H3/t10-,11+/m1/s1. The lowest BCUT2D eigenvalue weighted by Gasteiger charge is -2.26. The van der Waals surface area contributed by atoms with Crippen molar-refractivity contribution in [2.24, 2.45) is 11.8 Å². The first-order valence-corrected chi connectivity index (χ1v) is 5.59. The predicted octanol–water partition coefficient (Wildman–Crippen LogP) is 1.49. The molecule has 0 bridgehead atoms. The summed E-state index contributed by atoms with van der Waals surface area (Å²) >= 11 is 0. The molecule has 1 aliphatic heterocycles. The van der Waals surface area contributed by atoms with Gasteiger partial charge in [-0.15, -0.1) is 0 Å². The quantitative estimate of drug-likeness (QED) is 0.716. The van der Waals surface area contributed by atoms with Gasteiger partial charge in [0.2, 0.25) is 0 Å². The zero-order valence-electron chi connectivity index (χ0n) is 8.74. The third kappa shape index (κ3) is 2.23. The van der Waals surface area contributed by atoms with Gasteiger partial charge in [0.1, 0.15) is 0 Å². The molecule has 0 unspecified atom stereocenters. The lowest BCUT2D eigenvalue weighted by molar-refractivity contribution is 0.169. The number of β-amino-alcohol motifs (C(OH)–C–C–N with tert-alkyl or cyclic N) is 1. The Labute approximate surface area is 80.9 Å². The Morgan fingerprint density at radius 3 is 2.62 bits per heavy atom. The van der Waals surface area contributed by atoms with Crippen molar-refractivity contribution in [1.82, 2.24) is 4.90 Å². The average Bonchev–Trinajstić information content (AvgIpc) is 2.75. The molecule has 0 radical (unpaired) electrons. The molecule has 2 atom stereocenters. The molecule has 2 heteroatoms. The van der Waals surface area contributed by atoms with Crippen LogP contribution in [0.3, 0.4) is 0 Å². The molecule has 1 saturated heterocycles. The van der Waals surface area contributed by atoms with Crippen molar-refractivity contribution in [1.29, 1.82) is 0 Å². The molecule has 1 saturated carbocycles. The van der Waals surface area contributed by atoms with Crippen LogP contribution in [0.2, 0.25) is 0 Å². The van der Waals surface area contributed by atoms with E-state index in [2.05, 4.69) is 18.7 Å². The molecule has 0 aromatic carbocycles. The van der Waals surface area contributed by atoms with Gasteiger partial charge in [0.05, 0.1) is 6.10 Å². The minimum Gasteiger partial charge on any atom is -0.392 e. The van der Waals surface area contributed by atoms with Crippen LogP contribution in [0.25, 0.3) is 0 Å². The molecular weight excluding hydrogens is 162 g/mol. The molecule has 13 heavy (non-hydrogen) atoms. The maximum Gasteiger partial charge on any atom is 0.0682 e. The molecule has 2 fully saturated rings. The van der Waals surface area contributed by atoms with Crippen LogP contribution in [0.4, 0.5) is 0 Å². The molecule has 1 N–H and O–H groups in total. The fourth-order valence-corrected chi connectivity index (χ4v) is 2.44. The summed E-state index contributed by atoms with van der Waals surface area (Å²) in [6, 6.07) is 0.635. The summed E-state index contributed by atoms with van der Waals surface area (Å²) in [7, 11) is 0. The van der Waals surface area contributed by atoms with Crippen molar-refractivity contribution in [2.75, 3.05) is 13.1 Å². The van der Waals surface area contributed by atoms with Gasteiger partial charge in [-0.3, -0.25) is 4.90 Å². The Morgan fingerprint density at radius 1 is 1.38 bits per heavy atom. The molecule has 0 amide bonds. The zero-order chi connectivity index (χ0) is 9.42. The van der Waals surface area contributed by atoms with Crippen LogP contribution in [-0.2, 0) is 0 Å². The molecule has 0 aromatic rings. The highest BCUT2D eigenvalue weighted by Crippen LogP contribution is 2.33. The first kappa shape index (κ1) is 9.47. The van der Waals surface area contributed by atoms with Crippen molar-refractivity contribution >= 4 is 0 Å². The topological polar surface area (TPSA) is 23.5 Å². The Morgan fingerprint density at radius 2 is 2.08 bits per heavy atom. The van der Waals surface area contributed by atoms with E-state index in [9.17, 15) is 5.11 Å². The third-order valence-corrected chi connectivity index (χ3v) is 3.39. The molecule has 2 aliphatic rings. The summed E-state index contributed by atoms with van der Waals surface area (Å²) in [5.74, 6) is 1.64. The van der Waals surface area contributed by atoms with Gasteiger partial charge >= 0.3 is 0 Å². The summed E-state index contributed by atoms with van der Waals surface area (Å²) in [6.07, 6.45) is 3.75. The minimum atomic E-state index is -0.0638. The second-order valence-electron chi connectivity index (χ2n) is 5.10. The van der Waals surface area contributed by atoms with Crippen molar-refractivity contribution in [3.8, 4) is 0 Å². The SMILES string of the molecule is CC(C)[C@@H]1C[C@@H](O)CN1CC1CC1. The molecule has 1 heterocycles. The van der Waals surface area contributed by atoms with Gasteiger partial charge in [-0.05, 0) is 31.1 Å². The summed E-state index contributed by atoms with van der Waals surface area (Å²) in [4.78, 5) is 2.51. The van der Waals surface area contributed by atoms with E-state index < -0.39 is 0 Å². The molecule has 0 spiro atoms. The van der Waals surface area contributed by atoms with Crippen molar-refractivity contribution in [3.05, 3.63) is 0 Å². The summed E-state index contributed by atoms with van der Waals surface area (Å²) < 4.78 is 0. The van der Waals surface area contributed by atoms with Gasteiger partial charge in [0.15, 0.2) is 0 Å². The monoisotopic (exact) mass is 183 g/mol. The fourth-order valence-electron chi connectivity index (χ4n) is 2.44. The number of rotatable bonds is 3. The van der Waals surface area contributed by atoms with E-state index in [1.165, 1.54) is 19.4 Å². The van der Waals surface area contributed by atoms with Crippen LogP contribution in [0.5, 0.6) is 0 Å². The van der Waals surface area contributed by atoms with Gasteiger partial charge in [0.25, 0.3) is 0 Å². The van der Waals surface area contributed by atoms with E-state index >= 15 is 0 Å². The van der Waals surface area contributed by atoms with E-state index in [1.807, 2.05) is 0 Å². The van der Waals surface area contributed by atoms with Crippen molar-refractivity contribution < 1.29 is 5.11 Å². The summed E-state index contributed by atoms with van der Waals surface area (Å²) in [5, 5.41) is 9.61. The molecule has 0 aromatic heterocycles. The molecule has 2 rings (SSSR count). The number of aliphatic hydroxyl groups is 1. The smallest absolute Gasteiger partial charge is 0.0682 e. The van der Waals surface area contributed by atoms with Crippen LogP contribution >= 0.6 is 0 Å². The first-order chi connectivity index (χ1) is 6.16. The highest BCUT2D eigenvalue weighted by Gasteiger charge is 2.35. The maximum atomic E-state index is 9.61. The van der Waals surface area contributed by atoms with Crippen LogP contribution in [0.15, 0.2) is 0 Å². The minimum absolute atomic E-state index is 0.0638. The lowest BCUT2D eigenvalue weighted by atomic mass is 10.0. The number of aliphatic hydroxyl groups excluding tert-OH is 1. The zero-order valence-corrected chi connectivity index (χ0v) is 8.74. The van der Waals surface area contributed by atoms with Crippen LogP contribution in [-0.4, -0.2) is 35.2 Å². The number of likely N-dealkylation sites (tertiary alicyclic amines) is 1. The van der Waals surface area contributed by atoms with Crippen molar-refractivity contribution in [2.45, 2.75) is 45.3 Å². The second-order valence-corrected chi connectivity index (χ2v) is 5.10. The lowest BCUT2D eigenvalue weighted by Crippen LogP contribution is -2.35. The highest BCUT2D eigenvalue weighted by atomic mass is 16.3. The van der Waals surface area contributed by atoms with Crippen molar-refractivity contribution in [3.63, 3.8) is 0 Å². The Bertz CT molecular complexity index is 177. The van der Waals surface area contributed by atoms with E-state index in [4.69, 9.17) is 0 Å². The number of nitrogens with zero attached hydrogens (tertiary/aromatic N) is 1. The second kappa shape index (κ2) is 3.58. The molecular formula is C11H21NO. The Hall–Kier alpha value is -0.0800. The molecule has 2 nitrogen and oxygen atoms in total. The highest BCUT2D eigenvalue weighted by molar-refractivity contribution is 4.90. The number of hydrogen-bond acceptors (Lipinski definition) is 2. The Kier molecular flexibility index (Phi) is 2.61. The fraction of sp³-hybridized carbons (Fsp3) is 1.00. The first-order valence-electron chi connectivity index (χ1n) is 5.59. The van der Waals surface area contributed by atoms with Gasteiger partial charge in [0, 0.05) is 19.1 Å². The Balaban J connectivity index is 1.90. The van der Waals surface area contributed by atoms with Crippen LogP contribution in [0.1, 0.15) is 33.1 Å². The van der Waals surface area contributed by atoms with Crippen LogP contribution < -0.4 is 0 Å². The summed E-state index contributed by atoms with van der Waals surface area (Å²) in [5.41, 5.74) is 0. The third-order valence-electron chi connectivity index (χ3n) is 3.39. The van der Waals surface area contributed by atoms with Gasteiger partial charge in [-0.1, -0.05) is 13.8 Å². The van der Waals surface area contributed by atoms with E-state index in [1.54, 1.807) is 0 Å². The van der Waals surface area contributed by atoms with Gasteiger partial charge < -0.3 is 5.11 Å². The van der Waals surface area contributed by atoms with Gasteiger partial charge in [-0.2, -0.15) is 0 Å². The van der Waals surface area contributed by atoms with Crippen LogP contribution in [0, 0.1) is 11.8 Å². The van der Waals surface area contributed by atoms with E-state index in [0.29, 0.717) is 12.0 Å². The average molecular weight is 183 g/mol. The largest absolute Gasteiger partial charge is 0.392 e. The van der Waals surface area contributed by atoms with E-state index in [0.717, 1.165) is 18.9 Å². The van der Waals surface area contributed by atoms with E-state index in [-0.39, 0.29) is 6.10 Å². The van der Waals surface area contributed by atoms with Gasteiger partial charge in [-0.25, -0.2) is 0 Å². The normalized spacial score (nSPS) is 36.0. The summed E-state index contributed by atoms with van der Waals surface area (Å²) in [6.45, 7) is 6.68. The maximum absolute atomic E-state index is 9.61. The predicted molar refractivity (Wildman–Crippen MR) is 53.5 cm³/mol. The molecule has 76 valence electrons. The molecule has 1 aliphatic carbocycles.